The van der Waals surface area contributed by atoms with Crippen LogP contribution >= 0.6 is 23.2 Å². The van der Waals surface area contributed by atoms with E-state index in [1.807, 2.05) is 0 Å². The number of nitrogens with zero attached hydrogens (tertiary/aromatic N) is 2. The number of carbonyl (C=O) groups excluding carboxylic acids is 4. The van der Waals surface area contributed by atoms with Gasteiger partial charge in [-0.1, -0.05) is 35.3 Å². The lowest BCUT2D eigenvalue weighted by Crippen LogP contribution is -2.67. The van der Waals surface area contributed by atoms with Crippen LogP contribution in [0.1, 0.15) is 36.1 Å². The second-order valence-corrected chi connectivity index (χ2v) is 13.9. The molecule has 5 rings (SSSR count). The third-order valence-electron chi connectivity index (χ3n) is 9.57. The lowest BCUT2D eigenvalue weighted by Gasteiger charge is -2.53. The van der Waals surface area contributed by atoms with Crippen LogP contribution in [0.25, 0.3) is 5.76 Å². The normalized spacial score (nSPS) is 26.5. The standard InChI is InChI=1S/C22H24N2O8.C11H12Cl2N2O5/c1-21(31)8-5-4-6-11(25)12(8)16(26)13-9(21)7-10-15(24(2)3)17(27)14(20(23)30)19(29)22(10,32)18(13)28;12-10(13)11(18)14-8(5-16)9(17)6-1-3-7(4-2-6)15(19)20/h4-6,9-10,15,25-26,29,31-32H,7H2,1-3H3,(H2,23,30);1-4,8-10,16-17H,5H2,(H,14,18)/t9-,10-,15-,21+,22-;8-,9-/m01/s1. The summed E-state index contributed by atoms with van der Waals surface area (Å²) in [5.41, 5.74) is -0.379. The first-order valence-corrected chi connectivity index (χ1v) is 16.3. The molecule has 2 aromatic carbocycles. The summed E-state index contributed by atoms with van der Waals surface area (Å²) in [6.45, 7) is 0.851. The molecule has 10 N–H and O–H groups in total. The average molecular weight is 768 g/mol. The number of amides is 2. The number of nitrogens with one attached hydrogen (secondary N) is 1. The van der Waals surface area contributed by atoms with Crippen LogP contribution in [-0.4, -0.2) is 112 Å². The molecule has 3 aliphatic rings. The van der Waals surface area contributed by atoms with Crippen molar-refractivity contribution < 1.29 is 59.8 Å². The third-order valence-corrected chi connectivity index (χ3v) is 9.97. The van der Waals surface area contributed by atoms with Gasteiger partial charge in [0.25, 0.3) is 17.5 Å². The van der Waals surface area contributed by atoms with E-state index in [0.717, 1.165) is 0 Å². The van der Waals surface area contributed by atoms with Gasteiger partial charge >= 0.3 is 0 Å². The van der Waals surface area contributed by atoms with Crippen molar-refractivity contribution in [1.29, 1.82) is 0 Å². The van der Waals surface area contributed by atoms with E-state index in [1.165, 1.54) is 68.4 Å². The highest BCUT2D eigenvalue weighted by atomic mass is 35.5. The van der Waals surface area contributed by atoms with Gasteiger partial charge in [0.15, 0.2) is 16.2 Å². The molecular formula is C33H36Cl2N4O13. The molecule has 2 aromatic rings. The Morgan fingerprint density at radius 1 is 1.10 bits per heavy atom. The van der Waals surface area contributed by atoms with Crippen molar-refractivity contribution in [2.75, 3.05) is 20.7 Å². The number of likely N-dealkylation sites (N-methyl/N-ethyl adjacent to an activating group) is 1. The summed E-state index contributed by atoms with van der Waals surface area (Å²) in [5.74, 6) is -8.65. The highest BCUT2D eigenvalue weighted by molar-refractivity contribution is 6.53. The highest BCUT2D eigenvalue weighted by Gasteiger charge is 2.66. The van der Waals surface area contributed by atoms with Crippen molar-refractivity contribution in [1.82, 2.24) is 10.2 Å². The molecule has 0 aliphatic heterocycles. The Morgan fingerprint density at radius 3 is 2.19 bits per heavy atom. The number of aliphatic hydroxyl groups is 6. The lowest BCUT2D eigenvalue weighted by molar-refractivity contribution is -0.384. The van der Waals surface area contributed by atoms with Crippen molar-refractivity contribution in [3.63, 3.8) is 0 Å². The van der Waals surface area contributed by atoms with Crippen molar-refractivity contribution >= 4 is 58.0 Å². The molecule has 0 bridgehead atoms. The zero-order valence-corrected chi connectivity index (χ0v) is 29.2. The number of phenols is 1. The fourth-order valence-electron chi connectivity index (χ4n) is 7.00. The molecule has 3 aliphatic carbocycles. The van der Waals surface area contributed by atoms with Gasteiger partial charge in [0.2, 0.25) is 5.78 Å². The Bertz CT molecular complexity index is 1880. The number of fused-ring (bicyclic) bond motifs is 3. The first kappa shape index (κ1) is 40.2. The summed E-state index contributed by atoms with van der Waals surface area (Å²) >= 11 is 10.7. The number of aliphatic hydroxyl groups excluding tert-OH is 4. The third kappa shape index (κ3) is 6.71. The number of phenolic OH excluding ortho intramolecular Hbond substituents is 1. The van der Waals surface area contributed by atoms with Crippen LogP contribution in [0.5, 0.6) is 5.75 Å². The Kier molecular flexibility index (Phi) is 11.4. The Hall–Kier alpha value is -4.62. The van der Waals surface area contributed by atoms with E-state index < -0.39 is 109 Å². The first-order valence-electron chi connectivity index (χ1n) is 15.5. The molecule has 19 heteroatoms. The van der Waals surface area contributed by atoms with E-state index in [0.29, 0.717) is 5.56 Å². The van der Waals surface area contributed by atoms with Crippen LogP contribution in [0.15, 0.2) is 59.4 Å². The minimum atomic E-state index is -2.75. The zero-order valence-electron chi connectivity index (χ0n) is 27.7. The number of primary amides is 1. The van der Waals surface area contributed by atoms with Crippen LogP contribution in [0.4, 0.5) is 5.69 Å². The Morgan fingerprint density at radius 2 is 1.69 bits per heavy atom. The highest BCUT2D eigenvalue weighted by Crippen LogP contribution is 2.57. The van der Waals surface area contributed by atoms with Crippen molar-refractivity contribution in [2.24, 2.45) is 17.6 Å². The number of nitro benzene ring substituents is 1. The number of rotatable bonds is 8. The first-order chi connectivity index (χ1) is 24.1. The van der Waals surface area contributed by atoms with Crippen LogP contribution < -0.4 is 11.1 Å². The van der Waals surface area contributed by atoms with E-state index in [2.05, 4.69) is 5.32 Å². The molecule has 1 fully saturated rings. The SMILES string of the molecule is CN(C)[C@@H]1C(=O)C(C(N)=O)=C(O)[C@@]2(O)C(=O)C3=C(O)c4c(O)cccc4[C@@](C)(O)[C@H]3C[C@@H]12.O=C(N[C@H](CO)[C@H](O)c1ccc([N+](=O)[O-])cc1)C(Cl)Cl. The van der Waals surface area contributed by atoms with Gasteiger partial charge in [-0.25, -0.2) is 0 Å². The predicted octanol–water partition coefficient (Wildman–Crippen LogP) is 0.538. The van der Waals surface area contributed by atoms with Gasteiger partial charge in [-0.05, 0) is 56.8 Å². The molecule has 0 radical (unpaired) electrons. The molecule has 1 saturated carbocycles. The Labute approximate surface area is 305 Å². The number of nitro groups is 1. The van der Waals surface area contributed by atoms with Crippen molar-refractivity contribution in [2.45, 2.75) is 47.6 Å². The number of non-ortho nitro benzene ring substituents is 1. The monoisotopic (exact) mass is 766 g/mol. The predicted molar refractivity (Wildman–Crippen MR) is 183 cm³/mol. The summed E-state index contributed by atoms with van der Waals surface area (Å²) < 4.78 is 0. The van der Waals surface area contributed by atoms with E-state index in [4.69, 9.17) is 34.0 Å². The van der Waals surface area contributed by atoms with Gasteiger partial charge < -0.3 is 46.8 Å². The molecule has 7 atom stereocenters. The Balaban J connectivity index is 0.000000261. The number of benzene rings is 2. The number of alkyl halides is 2. The fraction of sp³-hybridized carbons (Fsp3) is 0.394. The number of ketones is 2. The molecular weight excluding hydrogens is 731 g/mol. The van der Waals surface area contributed by atoms with Gasteiger partial charge in [0.1, 0.15) is 28.9 Å². The summed E-state index contributed by atoms with van der Waals surface area (Å²) in [7, 11) is 3.01. The maximum atomic E-state index is 13.7. The number of hydrogen-bond donors (Lipinski definition) is 9. The van der Waals surface area contributed by atoms with Crippen LogP contribution in [0.2, 0.25) is 0 Å². The number of Topliss-reactive ketones (excluding diaryl/α,β-unsaturated/α-hetero) is 2. The van der Waals surface area contributed by atoms with Crippen molar-refractivity contribution in [3.8, 4) is 5.75 Å². The quantitative estimate of drug-likeness (QED) is 0.0767. The van der Waals surface area contributed by atoms with E-state index in [1.54, 1.807) is 0 Å². The second-order valence-electron chi connectivity index (χ2n) is 12.9. The number of aromatic hydroxyl groups is 1. The summed E-state index contributed by atoms with van der Waals surface area (Å²) in [6.07, 6.45) is -1.45. The summed E-state index contributed by atoms with van der Waals surface area (Å²) in [4.78, 5) is 59.9. The molecule has 0 unspecified atom stereocenters. The van der Waals surface area contributed by atoms with Crippen LogP contribution in [0.3, 0.4) is 0 Å². The van der Waals surface area contributed by atoms with Crippen molar-refractivity contribution in [3.05, 3.63) is 86.2 Å². The molecule has 280 valence electrons. The topological polar surface area (TPSA) is 294 Å². The number of halogens is 2. The minimum Gasteiger partial charge on any atom is -0.508 e. The number of carbonyl (C=O) groups is 4. The zero-order chi connectivity index (χ0) is 39.2. The summed E-state index contributed by atoms with van der Waals surface area (Å²) in [6, 6.07) is 7.07. The van der Waals surface area contributed by atoms with Gasteiger partial charge in [0, 0.05) is 29.5 Å². The van der Waals surface area contributed by atoms with Gasteiger partial charge in [-0.3, -0.25) is 34.2 Å². The molecule has 0 heterocycles. The second kappa shape index (κ2) is 14.8. The average Bonchev–Trinajstić information content (AvgIpc) is 3.07. The maximum Gasteiger partial charge on any atom is 0.269 e. The van der Waals surface area contributed by atoms with Gasteiger partial charge in [-0.2, -0.15) is 0 Å². The van der Waals surface area contributed by atoms with E-state index >= 15 is 0 Å². The van der Waals surface area contributed by atoms with E-state index in [9.17, 15) is 59.9 Å². The van der Waals surface area contributed by atoms with Gasteiger partial charge in [0.05, 0.1) is 34.8 Å². The minimum absolute atomic E-state index is 0.132. The number of hydrogen-bond acceptors (Lipinski definition) is 14. The fourth-order valence-corrected chi connectivity index (χ4v) is 7.12. The maximum absolute atomic E-state index is 13.7. The molecule has 0 spiro atoms. The lowest BCUT2D eigenvalue weighted by atomic mass is 9.54. The molecule has 17 nitrogen and oxygen atoms in total. The van der Waals surface area contributed by atoms with Crippen LogP contribution in [-0.2, 0) is 24.8 Å². The van der Waals surface area contributed by atoms with E-state index in [-0.39, 0.29) is 23.2 Å². The summed E-state index contributed by atoms with van der Waals surface area (Å²) in [5, 5.41) is 86.8. The molecule has 52 heavy (non-hydrogen) atoms. The van der Waals surface area contributed by atoms with Gasteiger partial charge in [-0.15, -0.1) is 0 Å². The van der Waals surface area contributed by atoms with Crippen LogP contribution in [0, 0.1) is 22.0 Å². The molecule has 2 amide bonds. The number of nitrogens with two attached hydrogens (primary N) is 1. The molecule has 0 saturated heterocycles. The molecule has 0 aromatic heterocycles. The largest absolute Gasteiger partial charge is 0.508 e. The smallest absolute Gasteiger partial charge is 0.269 e.